The molecule has 8 heteroatoms. The van der Waals surface area contributed by atoms with Crippen molar-refractivity contribution in [2.24, 2.45) is 0 Å². The molecule has 0 saturated carbocycles. The molecule has 1 N–H and O–H groups in total. The molecule has 138 valence electrons. The molecule has 1 aliphatic rings. The summed E-state index contributed by atoms with van der Waals surface area (Å²) in [6, 6.07) is 11.3. The van der Waals surface area contributed by atoms with Crippen molar-refractivity contribution in [3.63, 3.8) is 0 Å². The third-order valence-electron chi connectivity index (χ3n) is 4.61. The van der Waals surface area contributed by atoms with E-state index in [1.807, 2.05) is 36.4 Å². The Hall–Kier alpha value is -3.29. The highest BCUT2D eigenvalue weighted by Gasteiger charge is 2.26. The summed E-state index contributed by atoms with van der Waals surface area (Å²) in [6.07, 6.45) is 4.66. The molecule has 2 amide bonds. The molecule has 3 heterocycles. The van der Waals surface area contributed by atoms with E-state index in [1.54, 1.807) is 17.3 Å². The summed E-state index contributed by atoms with van der Waals surface area (Å²) in [7, 11) is 0. The fourth-order valence-electron chi connectivity index (χ4n) is 3.24. The number of benzene rings is 1. The molecule has 4 rings (SSSR count). The number of nitrogens with zero attached hydrogens (tertiary/aromatic N) is 5. The smallest absolute Gasteiger partial charge is 0.246 e. The van der Waals surface area contributed by atoms with E-state index in [9.17, 15) is 9.59 Å². The molecule has 2 aromatic heterocycles. The van der Waals surface area contributed by atoms with Gasteiger partial charge in [0.15, 0.2) is 0 Å². The zero-order chi connectivity index (χ0) is 18.6. The molecule has 0 spiro atoms. The van der Waals surface area contributed by atoms with Crippen molar-refractivity contribution in [3.05, 3.63) is 54.4 Å². The van der Waals surface area contributed by atoms with Gasteiger partial charge in [0.25, 0.3) is 0 Å². The average molecular weight is 364 g/mol. The Labute approximate surface area is 156 Å². The molecule has 1 aliphatic heterocycles. The lowest BCUT2D eigenvalue weighted by molar-refractivity contribution is -0.133. The van der Waals surface area contributed by atoms with Crippen molar-refractivity contribution < 1.29 is 9.59 Å². The molecule has 1 fully saturated rings. The maximum atomic E-state index is 13.0. The number of amides is 2. The van der Waals surface area contributed by atoms with Crippen molar-refractivity contribution >= 4 is 22.8 Å². The summed E-state index contributed by atoms with van der Waals surface area (Å²) in [5.74, 6) is -0.0513. The van der Waals surface area contributed by atoms with Gasteiger partial charge in [-0.3, -0.25) is 14.6 Å². The highest BCUT2D eigenvalue weighted by atomic mass is 16.2. The van der Waals surface area contributed by atoms with Crippen LogP contribution in [0.2, 0.25) is 0 Å². The number of aromatic nitrogens is 4. The second-order valence-electron chi connectivity index (χ2n) is 6.65. The van der Waals surface area contributed by atoms with E-state index in [0.717, 1.165) is 23.0 Å². The fraction of sp³-hybridized carbons (Fsp3) is 0.316. The van der Waals surface area contributed by atoms with Gasteiger partial charge in [-0.15, -0.1) is 0 Å². The number of nitrogens with one attached hydrogen (secondary N) is 1. The molecule has 1 atom stereocenters. The number of pyridine rings is 1. The van der Waals surface area contributed by atoms with Crippen LogP contribution in [0.5, 0.6) is 0 Å². The number of fused-ring (bicyclic) bond motifs is 1. The van der Waals surface area contributed by atoms with E-state index in [4.69, 9.17) is 0 Å². The van der Waals surface area contributed by atoms with E-state index in [0.29, 0.717) is 19.5 Å². The van der Waals surface area contributed by atoms with Crippen LogP contribution in [0.25, 0.3) is 11.0 Å². The quantitative estimate of drug-likeness (QED) is 0.708. The molecule has 27 heavy (non-hydrogen) atoms. The Morgan fingerprint density at radius 1 is 1.15 bits per heavy atom. The fourth-order valence-corrected chi connectivity index (χ4v) is 3.24. The standard InChI is InChI=1S/C19H20N6O2/c26-18-6-5-15(21-18)12-24(11-14-7-9-20-10-8-14)19(27)13-25-22-16-3-1-2-4-17(16)23-25/h1-4,7-10,15H,5-6,11-13H2,(H,21,26)/t15-/m0/s1. The number of hydrogen-bond acceptors (Lipinski definition) is 5. The van der Waals surface area contributed by atoms with Crippen LogP contribution in [0.4, 0.5) is 0 Å². The number of rotatable bonds is 6. The lowest BCUT2D eigenvalue weighted by atomic mass is 10.2. The van der Waals surface area contributed by atoms with Crippen LogP contribution in [-0.2, 0) is 22.7 Å². The summed E-state index contributed by atoms with van der Waals surface area (Å²) in [6.45, 7) is 0.975. The van der Waals surface area contributed by atoms with Crippen molar-refractivity contribution in [3.8, 4) is 0 Å². The minimum Gasteiger partial charge on any atom is -0.352 e. The zero-order valence-electron chi connectivity index (χ0n) is 14.8. The SMILES string of the molecule is O=C1CC[C@@H](CN(Cc2ccncc2)C(=O)Cn2nc3ccccc3n2)N1. The van der Waals surface area contributed by atoms with Crippen LogP contribution in [0.1, 0.15) is 18.4 Å². The topological polar surface area (TPSA) is 93.0 Å². The van der Waals surface area contributed by atoms with E-state index in [-0.39, 0.29) is 24.4 Å². The zero-order valence-corrected chi connectivity index (χ0v) is 14.8. The third kappa shape index (κ3) is 4.11. The lowest BCUT2D eigenvalue weighted by Gasteiger charge is -2.25. The van der Waals surface area contributed by atoms with E-state index >= 15 is 0 Å². The first-order chi connectivity index (χ1) is 13.2. The normalized spacial score (nSPS) is 16.4. The highest BCUT2D eigenvalue weighted by Crippen LogP contribution is 2.13. The largest absolute Gasteiger partial charge is 0.352 e. The van der Waals surface area contributed by atoms with Crippen molar-refractivity contribution in [1.82, 2.24) is 30.2 Å². The summed E-state index contributed by atoms with van der Waals surface area (Å²) < 4.78 is 0. The Morgan fingerprint density at radius 2 is 1.85 bits per heavy atom. The second kappa shape index (κ2) is 7.53. The van der Waals surface area contributed by atoms with Gasteiger partial charge in [0.2, 0.25) is 11.8 Å². The summed E-state index contributed by atoms with van der Waals surface area (Å²) in [5, 5.41) is 11.7. The molecule has 1 saturated heterocycles. The third-order valence-corrected chi connectivity index (χ3v) is 4.61. The maximum absolute atomic E-state index is 13.0. The van der Waals surface area contributed by atoms with Crippen LogP contribution in [0.15, 0.2) is 48.8 Å². The first kappa shape index (κ1) is 17.1. The summed E-state index contributed by atoms with van der Waals surface area (Å²) in [5.41, 5.74) is 2.50. The van der Waals surface area contributed by atoms with E-state index in [1.165, 1.54) is 4.80 Å². The van der Waals surface area contributed by atoms with Crippen LogP contribution in [0, 0.1) is 0 Å². The molecule has 0 bridgehead atoms. The number of carbonyl (C=O) groups excluding carboxylic acids is 2. The van der Waals surface area contributed by atoms with Gasteiger partial charge in [0.05, 0.1) is 0 Å². The summed E-state index contributed by atoms with van der Waals surface area (Å²) in [4.78, 5) is 31.7. The average Bonchev–Trinajstić information content (AvgIpc) is 3.27. The molecular weight excluding hydrogens is 344 g/mol. The Morgan fingerprint density at radius 3 is 2.48 bits per heavy atom. The van der Waals surface area contributed by atoms with Gasteiger partial charge < -0.3 is 10.2 Å². The van der Waals surface area contributed by atoms with Gasteiger partial charge in [-0.2, -0.15) is 15.0 Å². The van der Waals surface area contributed by atoms with E-state index < -0.39 is 0 Å². The van der Waals surface area contributed by atoms with Crippen LogP contribution < -0.4 is 5.32 Å². The summed E-state index contributed by atoms with van der Waals surface area (Å²) >= 11 is 0. The predicted octanol–water partition coefficient (Wildman–Crippen LogP) is 1.13. The van der Waals surface area contributed by atoms with E-state index in [2.05, 4.69) is 20.5 Å². The highest BCUT2D eigenvalue weighted by molar-refractivity contribution is 5.79. The molecule has 0 unspecified atom stereocenters. The molecule has 3 aromatic rings. The maximum Gasteiger partial charge on any atom is 0.246 e. The van der Waals surface area contributed by atoms with Gasteiger partial charge in [0, 0.05) is 37.9 Å². The molecule has 1 aromatic carbocycles. The molecule has 8 nitrogen and oxygen atoms in total. The minimum atomic E-state index is -0.0896. The van der Waals surface area contributed by atoms with Crippen molar-refractivity contribution in [2.45, 2.75) is 32.0 Å². The molecular formula is C19H20N6O2. The van der Waals surface area contributed by atoms with Crippen molar-refractivity contribution in [2.75, 3.05) is 6.54 Å². The minimum absolute atomic E-state index is 0.0204. The molecule has 0 aliphatic carbocycles. The molecule has 0 radical (unpaired) electrons. The van der Waals surface area contributed by atoms with Crippen LogP contribution in [-0.4, -0.2) is 49.3 Å². The van der Waals surface area contributed by atoms with Gasteiger partial charge in [-0.25, -0.2) is 0 Å². The van der Waals surface area contributed by atoms with Gasteiger partial charge in [-0.05, 0) is 36.2 Å². The first-order valence-electron chi connectivity index (χ1n) is 8.93. The Balaban J connectivity index is 1.50. The monoisotopic (exact) mass is 364 g/mol. The Bertz CT molecular complexity index is 922. The number of carbonyl (C=O) groups is 2. The van der Waals surface area contributed by atoms with Gasteiger partial charge in [0.1, 0.15) is 17.6 Å². The second-order valence-corrected chi connectivity index (χ2v) is 6.65. The van der Waals surface area contributed by atoms with Gasteiger partial charge >= 0.3 is 0 Å². The first-order valence-corrected chi connectivity index (χ1v) is 8.93. The van der Waals surface area contributed by atoms with Crippen molar-refractivity contribution in [1.29, 1.82) is 0 Å². The Kier molecular flexibility index (Phi) is 4.78. The van der Waals surface area contributed by atoms with Crippen LogP contribution in [0.3, 0.4) is 0 Å². The van der Waals surface area contributed by atoms with Gasteiger partial charge in [-0.1, -0.05) is 12.1 Å². The van der Waals surface area contributed by atoms with Crippen LogP contribution >= 0.6 is 0 Å². The number of hydrogen-bond donors (Lipinski definition) is 1. The lowest BCUT2D eigenvalue weighted by Crippen LogP contribution is -2.43. The predicted molar refractivity (Wildman–Crippen MR) is 98.3 cm³/mol.